The van der Waals surface area contributed by atoms with Crippen molar-refractivity contribution < 1.29 is 0 Å². The van der Waals surface area contributed by atoms with Crippen molar-refractivity contribution in [2.45, 2.75) is 77.6 Å². The molecular formula is C16H32N2. The molecule has 1 heterocycles. The van der Waals surface area contributed by atoms with Crippen molar-refractivity contribution in [3.05, 3.63) is 11.8 Å². The van der Waals surface area contributed by atoms with Gasteiger partial charge in [-0.3, -0.25) is 5.32 Å². The minimum absolute atomic E-state index is 0.932. The Hall–Kier alpha value is -0.500. The van der Waals surface area contributed by atoms with E-state index in [1.54, 1.807) is 5.57 Å². The zero-order valence-electron chi connectivity index (χ0n) is 12.3. The molecule has 0 saturated carbocycles. The van der Waals surface area contributed by atoms with E-state index in [9.17, 15) is 0 Å². The monoisotopic (exact) mass is 252 g/mol. The molecule has 0 unspecified atom stereocenters. The Labute approximate surface area is 114 Å². The van der Waals surface area contributed by atoms with E-state index < -0.39 is 0 Å². The minimum atomic E-state index is 0.932. The molecule has 1 aliphatic heterocycles. The molecule has 2 heteroatoms. The van der Waals surface area contributed by atoms with Gasteiger partial charge in [-0.25, -0.2) is 0 Å². The van der Waals surface area contributed by atoms with Crippen LogP contribution in [0, 0.1) is 0 Å². The van der Waals surface area contributed by atoms with Gasteiger partial charge in [0.15, 0.2) is 0 Å². The van der Waals surface area contributed by atoms with Crippen LogP contribution in [0.5, 0.6) is 0 Å². The molecule has 0 aromatic rings. The van der Waals surface area contributed by atoms with Crippen molar-refractivity contribution in [3.63, 3.8) is 0 Å². The molecule has 0 aromatic heterocycles. The molecule has 0 radical (unpaired) electrons. The topological polar surface area (TPSA) is 24.1 Å². The van der Waals surface area contributed by atoms with Crippen LogP contribution in [0.3, 0.4) is 0 Å². The molecule has 0 fully saturated rings. The third-order valence-electron chi connectivity index (χ3n) is 3.74. The van der Waals surface area contributed by atoms with Crippen molar-refractivity contribution in [2.24, 2.45) is 0 Å². The number of hydrogen-bond acceptors (Lipinski definition) is 2. The zero-order chi connectivity index (χ0) is 12.9. The Morgan fingerprint density at radius 3 is 2.06 bits per heavy atom. The van der Waals surface area contributed by atoms with Gasteiger partial charge in [-0.2, -0.15) is 0 Å². The van der Waals surface area contributed by atoms with Gasteiger partial charge in [0.2, 0.25) is 0 Å². The Morgan fingerprint density at radius 1 is 0.889 bits per heavy atom. The van der Waals surface area contributed by atoms with Crippen molar-refractivity contribution >= 4 is 0 Å². The van der Waals surface area contributed by atoms with Gasteiger partial charge in [-0.1, -0.05) is 64.7 Å². The van der Waals surface area contributed by atoms with Gasteiger partial charge in [0.1, 0.15) is 0 Å². The molecule has 0 aliphatic carbocycles. The van der Waals surface area contributed by atoms with Gasteiger partial charge in [0.25, 0.3) is 0 Å². The second-order valence-electron chi connectivity index (χ2n) is 5.54. The lowest BCUT2D eigenvalue weighted by molar-refractivity contribution is 0.550. The standard InChI is InChI=1S/C16H32N2/c1-2-3-4-5-6-7-8-9-10-11-12-16-13-17-15-18-14-16/h13,17-18H,2-12,14-15H2,1H3. The van der Waals surface area contributed by atoms with Gasteiger partial charge >= 0.3 is 0 Å². The quantitative estimate of drug-likeness (QED) is 0.535. The molecule has 106 valence electrons. The Balaban J connectivity index is 1.77. The zero-order valence-corrected chi connectivity index (χ0v) is 12.3. The van der Waals surface area contributed by atoms with Crippen LogP contribution in [0.4, 0.5) is 0 Å². The van der Waals surface area contributed by atoms with Crippen LogP contribution < -0.4 is 10.6 Å². The number of nitrogens with one attached hydrogen (secondary N) is 2. The first-order chi connectivity index (χ1) is 8.93. The number of unbranched alkanes of at least 4 members (excludes halogenated alkanes) is 9. The summed E-state index contributed by atoms with van der Waals surface area (Å²) in [5, 5.41) is 6.59. The van der Waals surface area contributed by atoms with Crippen molar-refractivity contribution in [2.75, 3.05) is 13.2 Å². The van der Waals surface area contributed by atoms with Gasteiger partial charge in [-0.05, 0) is 24.6 Å². The van der Waals surface area contributed by atoms with E-state index in [2.05, 4.69) is 23.8 Å². The lowest BCUT2D eigenvalue weighted by atomic mass is 10.0. The Bertz CT molecular complexity index is 211. The lowest BCUT2D eigenvalue weighted by Crippen LogP contribution is -2.32. The lowest BCUT2D eigenvalue weighted by Gasteiger charge is -2.15. The fourth-order valence-electron chi connectivity index (χ4n) is 2.54. The van der Waals surface area contributed by atoms with E-state index in [0.29, 0.717) is 0 Å². The number of rotatable bonds is 11. The first kappa shape index (κ1) is 15.6. The van der Waals surface area contributed by atoms with Crippen LogP contribution in [0.15, 0.2) is 11.8 Å². The molecule has 0 amide bonds. The summed E-state index contributed by atoms with van der Waals surface area (Å²) in [5.74, 6) is 0. The highest BCUT2D eigenvalue weighted by Gasteiger charge is 2.01. The van der Waals surface area contributed by atoms with Crippen LogP contribution >= 0.6 is 0 Å². The summed E-state index contributed by atoms with van der Waals surface area (Å²) in [6.07, 6.45) is 17.7. The molecule has 0 atom stereocenters. The first-order valence-electron chi connectivity index (χ1n) is 8.05. The average molecular weight is 252 g/mol. The van der Waals surface area contributed by atoms with Crippen molar-refractivity contribution in [1.82, 2.24) is 10.6 Å². The van der Waals surface area contributed by atoms with E-state index >= 15 is 0 Å². The molecule has 2 N–H and O–H groups in total. The highest BCUT2D eigenvalue weighted by atomic mass is 15.1. The predicted molar refractivity (Wildman–Crippen MR) is 80.5 cm³/mol. The maximum absolute atomic E-state index is 3.34. The second-order valence-corrected chi connectivity index (χ2v) is 5.54. The maximum atomic E-state index is 3.34. The summed E-state index contributed by atoms with van der Waals surface area (Å²) in [4.78, 5) is 0. The fourth-order valence-corrected chi connectivity index (χ4v) is 2.54. The second kappa shape index (κ2) is 11.6. The van der Waals surface area contributed by atoms with Crippen LogP contribution in [0.2, 0.25) is 0 Å². The number of hydrogen-bond donors (Lipinski definition) is 2. The summed E-state index contributed by atoms with van der Waals surface area (Å²) in [6, 6.07) is 0. The smallest absolute Gasteiger partial charge is 0.0650 e. The van der Waals surface area contributed by atoms with E-state index in [4.69, 9.17) is 0 Å². The van der Waals surface area contributed by atoms with E-state index in [0.717, 1.165) is 13.2 Å². The molecule has 0 bridgehead atoms. The van der Waals surface area contributed by atoms with E-state index in [1.165, 1.54) is 70.6 Å². The Morgan fingerprint density at radius 2 is 1.50 bits per heavy atom. The molecule has 18 heavy (non-hydrogen) atoms. The normalized spacial score (nSPS) is 15.3. The van der Waals surface area contributed by atoms with Crippen LogP contribution in [-0.2, 0) is 0 Å². The summed E-state index contributed by atoms with van der Waals surface area (Å²) >= 11 is 0. The molecule has 0 aromatic carbocycles. The average Bonchev–Trinajstić information content (AvgIpc) is 2.42. The van der Waals surface area contributed by atoms with Crippen molar-refractivity contribution in [1.29, 1.82) is 0 Å². The first-order valence-corrected chi connectivity index (χ1v) is 8.05. The maximum Gasteiger partial charge on any atom is 0.0650 e. The fraction of sp³-hybridized carbons (Fsp3) is 0.875. The van der Waals surface area contributed by atoms with Crippen LogP contribution in [0.1, 0.15) is 77.6 Å². The summed E-state index contributed by atoms with van der Waals surface area (Å²) in [7, 11) is 0. The largest absolute Gasteiger partial charge is 0.378 e. The Kier molecular flexibility index (Phi) is 10.0. The molecular weight excluding hydrogens is 220 g/mol. The molecule has 2 nitrogen and oxygen atoms in total. The summed E-state index contributed by atoms with van der Waals surface area (Å²) < 4.78 is 0. The third kappa shape index (κ3) is 8.57. The van der Waals surface area contributed by atoms with Gasteiger partial charge in [0, 0.05) is 6.54 Å². The van der Waals surface area contributed by atoms with E-state index in [1.807, 2.05) is 0 Å². The minimum Gasteiger partial charge on any atom is -0.378 e. The van der Waals surface area contributed by atoms with Crippen LogP contribution in [0.25, 0.3) is 0 Å². The third-order valence-corrected chi connectivity index (χ3v) is 3.74. The predicted octanol–water partition coefficient (Wildman–Crippen LogP) is 4.33. The van der Waals surface area contributed by atoms with Gasteiger partial charge in [-0.15, -0.1) is 0 Å². The molecule has 0 saturated heterocycles. The highest BCUT2D eigenvalue weighted by Crippen LogP contribution is 2.13. The van der Waals surface area contributed by atoms with E-state index in [-0.39, 0.29) is 0 Å². The molecule has 1 rings (SSSR count). The highest BCUT2D eigenvalue weighted by molar-refractivity contribution is 5.05. The summed E-state index contributed by atoms with van der Waals surface area (Å²) in [6.45, 7) is 4.30. The van der Waals surface area contributed by atoms with Crippen LogP contribution in [-0.4, -0.2) is 13.2 Å². The summed E-state index contributed by atoms with van der Waals surface area (Å²) in [5.41, 5.74) is 1.54. The SMILES string of the molecule is CCCCCCCCCCCCC1=CNCNC1. The molecule has 1 aliphatic rings. The van der Waals surface area contributed by atoms with Crippen molar-refractivity contribution in [3.8, 4) is 0 Å². The molecule has 0 spiro atoms. The van der Waals surface area contributed by atoms with Gasteiger partial charge in [0.05, 0.1) is 6.67 Å². The van der Waals surface area contributed by atoms with Gasteiger partial charge < -0.3 is 5.32 Å².